The van der Waals surface area contributed by atoms with Gasteiger partial charge in [-0.1, -0.05) is 48.0 Å². The summed E-state index contributed by atoms with van der Waals surface area (Å²) in [6.07, 6.45) is 0.444. The number of hydrogen-bond donors (Lipinski definition) is 2. The second-order valence-corrected chi connectivity index (χ2v) is 5.04. The molecule has 0 bridgehead atoms. The summed E-state index contributed by atoms with van der Waals surface area (Å²) in [4.78, 5) is 4.29. The summed E-state index contributed by atoms with van der Waals surface area (Å²) in [5.41, 5.74) is 8.47. The molecule has 0 spiro atoms. The molecule has 1 aliphatic heterocycles. The molecule has 1 unspecified atom stereocenters. The number of aryl methyl sites for hydroxylation is 1. The third kappa shape index (κ3) is 1.92. The van der Waals surface area contributed by atoms with E-state index < -0.39 is 5.60 Å². The molecule has 0 aromatic heterocycles. The molecule has 0 amide bonds. The number of amidine groups is 1. The predicted molar refractivity (Wildman–Crippen MR) is 76.5 cm³/mol. The maximum absolute atomic E-state index is 10.9. The van der Waals surface area contributed by atoms with Crippen LogP contribution in [0.3, 0.4) is 0 Å². The molecule has 0 saturated carbocycles. The SMILES string of the molecule is Cc1ccc2c(c1)C(O)(Cc1ccccc1)C(N)=N2. The van der Waals surface area contributed by atoms with E-state index >= 15 is 0 Å². The third-order valence-electron chi connectivity index (χ3n) is 3.57. The van der Waals surface area contributed by atoms with Gasteiger partial charge in [0.2, 0.25) is 0 Å². The molecule has 0 aliphatic carbocycles. The molecular weight excluding hydrogens is 236 g/mol. The molecule has 3 N–H and O–H groups in total. The molecule has 96 valence electrons. The van der Waals surface area contributed by atoms with Crippen LogP contribution in [-0.2, 0) is 12.0 Å². The van der Waals surface area contributed by atoms with Crippen molar-refractivity contribution in [1.29, 1.82) is 0 Å². The molecule has 3 rings (SSSR count). The first-order chi connectivity index (χ1) is 9.09. The normalized spacial score (nSPS) is 21.1. The molecular formula is C16H16N2O. The van der Waals surface area contributed by atoms with Crippen molar-refractivity contribution in [3.8, 4) is 0 Å². The Morgan fingerprint density at radius 3 is 2.63 bits per heavy atom. The summed E-state index contributed by atoms with van der Waals surface area (Å²) < 4.78 is 0. The topological polar surface area (TPSA) is 58.6 Å². The standard InChI is InChI=1S/C16H16N2O/c1-11-7-8-14-13(9-11)16(19,15(17)18-14)10-12-5-3-2-4-6-12/h2-9,19H,10H2,1H3,(H2,17,18). The van der Waals surface area contributed by atoms with E-state index in [2.05, 4.69) is 4.99 Å². The van der Waals surface area contributed by atoms with E-state index in [4.69, 9.17) is 5.73 Å². The van der Waals surface area contributed by atoms with Crippen LogP contribution < -0.4 is 5.73 Å². The quantitative estimate of drug-likeness (QED) is 0.862. The molecule has 1 heterocycles. The van der Waals surface area contributed by atoms with Crippen molar-refractivity contribution in [2.75, 3.05) is 0 Å². The van der Waals surface area contributed by atoms with Crippen LogP contribution in [0.4, 0.5) is 5.69 Å². The van der Waals surface area contributed by atoms with Crippen LogP contribution in [0, 0.1) is 6.92 Å². The van der Waals surface area contributed by atoms with Crippen molar-refractivity contribution in [3.05, 3.63) is 65.2 Å². The molecule has 3 heteroatoms. The van der Waals surface area contributed by atoms with Gasteiger partial charge in [0.05, 0.1) is 5.69 Å². The van der Waals surface area contributed by atoms with E-state index in [1.807, 2.05) is 55.5 Å². The fourth-order valence-corrected chi connectivity index (χ4v) is 2.52. The number of benzene rings is 2. The van der Waals surface area contributed by atoms with Gasteiger partial charge in [-0.15, -0.1) is 0 Å². The van der Waals surface area contributed by atoms with Gasteiger partial charge in [0.1, 0.15) is 5.84 Å². The van der Waals surface area contributed by atoms with Gasteiger partial charge < -0.3 is 10.8 Å². The fraction of sp³-hybridized carbons (Fsp3) is 0.188. The van der Waals surface area contributed by atoms with Crippen LogP contribution in [0.25, 0.3) is 0 Å². The Balaban J connectivity index is 2.05. The molecule has 3 nitrogen and oxygen atoms in total. The van der Waals surface area contributed by atoms with Crippen molar-refractivity contribution < 1.29 is 5.11 Å². The predicted octanol–water partition coefficient (Wildman–Crippen LogP) is 2.43. The number of fused-ring (bicyclic) bond motifs is 1. The Kier molecular flexibility index (Phi) is 2.64. The van der Waals surface area contributed by atoms with Gasteiger partial charge >= 0.3 is 0 Å². The zero-order valence-electron chi connectivity index (χ0n) is 10.8. The average Bonchev–Trinajstić information content (AvgIpc) is 2.64. The summed E-state index contributed by atoms with van der Waals surface area (Å²) in [5, 5.41) is 10.9. The zero-order chi connectivity index (χ0) is 13.5. The first-order valence-electron chi connectivity index (χ1n) is 6.32. The number of nitrogens with zero attached hydrogens (tertiary/aromatic N) is 1. The Morgan fingerprint density at radius 1 is 1.16 bits per heavy atom. The van der Waals surface area contributed by atoms with Crippen molar-refractivity contribution in [2.24, 2.45) is 10.7 Å². The van der Waals surface area contributed by atoms with Crippen molar-refractivity contribution in [3.63, 3.8) is 0 Å². The van der Waals surface area contributed by atoms with Crippen LogP contribution in [0.1, 0.15) is 16.7 Å². The monoisotopic (exact) mass is 252 g/mol. The smallest absolute Gasteiger partial charge is 0.152 e. The molecule has 0 radical (unpaired) electrons. The Hall–Kier alpha value is -2.13. The summed E-state index contributed by atoms with van der Waals surface area (Å²) in [6, 6.07) is 15.7. The van der Waals surface area contributed by atoms with Gasteiger partial charge in [-0.3, -0.25) is 0 Å². The molecule has 1 atom stereocenters. The van der Waals surface area contributed by atoms with Crippen LogP contribution in [-0.4, -0.2) is 10.9 Å². The van der Waals surface area contributed by atoms with E-state index in [1.165, 1.54) is 0 Å². The number of rotatable bonds is 2. The molecule has 0 saturated heterocycles. The van der Waals surface area contributed by atoms with E-state index in [1.54, 1.807) is 0 Å². The summed E-state index contributed by atoms with van der Waals surface area (Å²) in [6.45, 7) is 2.00. The second kappa shape index (κ2) is 4.21. The summed E-state index contributed by atoms with van der Waals surface area (Å²) in [5.74, 6) is 0.275. The highest BCUT2D eigenvalue weighted by Gasteiger charge is 2.40. The van der Waals surface area contributed by atoms with Gasteiger partial charge in [0, 0.05) is 12.0 Å². The van der Waals surface area contributed by atoms with Gasteiger partial charge in [-0.05, 0) is 18.6 Å². The summed E-state index contributed by atoms with van der Waals surface area (Å²) in [7, 11) is 0. The minimum absolute atomic E-state index is 0.275. The maximum Gasteiger partial charge on any atom is 0.152 e. The molecule has 2 aromatic rings. The summed E-state index contributed by atoms with van der Waals surface area (Å²) >= 11 is 0. The van der Waals surface area contributed by atoms with Crippen LogP contribution in [0.15, 0.2) is 53.5 Å². The first-order valence-corrected chi connectivity index (χ1v) is 6.32. The van der Waals surface area contributed by atoms with Crippen LogP contribution >= 0.6 is 0 Å². The highest BCUT2D eigenvalue weighted by molar-refractivity contribution is 5.97. The van der Waals surface area contributed by atoms with Crippen molar-refractivity contribution in [2.45, 2.75) is 18.9 Å². The van der Waals surface area contributed by atoms with Crippen LogP contribution in [0.2, 0.25) is 0 Å². The van der Waals surface area contributed by atoms with Gasteiger partial charge in [-0.2, -0.15) is 0 Å². The van der Waals surface area contributed by atoms with Gasteiger partial charge in [0.25, 0.3) is 0 Å². The van der Waals surface area contributed by atoms with Gasteiger partial charge in [0.15, 0.2) is 5.60 Å². The zero-order valence-corrected chi connectivity index (χ0v) is 10.8. The maximum atomic E-state index is 10.9. The number of nitrogens with two attached hydrogens (primary N) is 1. The van der Waals surface area contributed by atoms with Crippen LogP contribution in [0.5, 0.6) is 0 Å². The van der Waals surface area contributed by atoms with E-state index in [-0.39, 0.29) is 5.84 Å². The van der Waals surface area contributed by atoms with Crippen molar-refractivity contribution >= 4 is 11.5 Å². The number of aliphatic imine (C=N–C) groups is 1. The van der Waals surface area contributed by atoms with Crippen molar-refractivity contribution in [1.82, 2.24) is 0 Å². The first kappa shape index (κ1) is 11.9. The lowest BCUT2D eigenvalue weighted by Crippen LogP contribution is -2.40. The molecule has 1 aliphatic rings. The highest BCUT2D eigenvalue weighted by atomic mass is 16.3. The Bertz CT molecular complexity index is 649. The second-order valence-electron chi connectivity index (χ2n) is 5.04. The third-order valence-corrected chi connectivity index (χ3v) is 3.57. The number of aliphatic hydroxyl groups is 1. The van der Waals surface area contributed by atoms with E-state index in [0.29, 0.717) is 6.42 Å². The molecule has 0 fully saturated rings. The highest BCUT2D eigenvalue weighted by Crippen LogP contribution is 2.39. The van der Waals surface area contributed by atoms with Gasteiger partial charge in [-0.25, -0.2) is 4.99 Å². The van der Waals surface area contributed by atoms with E-state index in [9.17, 15) is 5.11 Å². The lowest BCUT2D eigenvalue weighted by molar-refractivity contribution is 0.114. The minimum atomic E-state index is -1.19. The van der Waals surface area contributed by atoms with E-state index in [0.717, 1.165) is 22.4 Å². The largest absolute Gasteiger partial charge is 0.384 e. The Morgan fingerprint density at radius 2 is 1.89 bits per heavy atom. The lowest BCUT2D eigenvalue weighted by atomic mass is 9.86. The molecule has 19 heavy (non-hydrogen) atoms. The Labute approximate surface area is 112 Å². The fourth-order valence-electron chi connectivity index (χ4n) is 2.52. The molecule has 2 aromatic carbocycles. The minimum Gasteiger partial charge on any atom is -0.384 e. The lowest BCUT2D eigenvalue weighted by Gasteiger charge is -2.24. The average molecular weight is 252 g/mol. The number of hydrogen-bond acceptors (Lipinski definition) is 3.